The Bertz CT molecular complexity index is 792. The number of benzene rings is 2. The molecule has 0 aliphatic carbocycles. The highest BCUT2D eigenvalue weighted by Crippen LogP contribution is 2.55. The molecule has 0 spiro atoms. The van der Waals surface area contributed by atoms with Crippen molar-refractivity contribution in [2.45, 2.75) is 31.6 Å². The average Bonchev–Trinajstić information content (AvgIpc) is 3.08. The number of rotatable bonds is 3. The highest BCUT2D eigenvalue weighted by atomic mass is 32.2. The first-order valence-corrected chi connectivity index (χ1v) is 9.80. The lowest BCUT2D eigenvalue weighted by molar-refractivity contribution is 0.329. The van der Waals surface area contributed by atoms with Crippen molar-refractivity contribution in [1.82, 2.24) is 0 Å². The molecule has 2 heterocycles. The molecule has 2 aromatic rings. The van der Waals surface area contributed by atoms with E-state index in [2.05, 4.69) is 97.8 Å². The Morgan fingerprint density at radius 2 is 1.80 bits per heavy atom. The molecule has 2 nitrogen and oxygen atoms in total. The third-order valence-corrected chi connectivity index (χ3v) is 7.29. The van der Waals surface area contributed by atoms with Gasteiger partial charge in [0, 0.05) is 25.2 Å². The van der Waals surface area contributed by atoms with E-state index >= 15 is 0 Å². The van der Waals surface area contributed by atoms with Crippen molar-refractivity contribution in [3.8, 4) is 0 Å². The molecule has 1 fully saturated rings. The van der Waals surface area contributed by atoms with Crippen LogP contribution in [0.5, 0.6) is 0 Å². The molecule has 3 heteroatoms. The Morgan fingerprint density at radius 1 is 1.08 bits per heavy atom. The summed E-state index contributed by atoms with van der Waals surface area (Å²) in [7, 11) is 4.15. The zero-order chi connectivity index (χ0) is 17.6. The standard InChI is InChI=1S/C22H26N2S/c1-22(2)20-15-17-7-5-6-8-19(17)24(20)25-21(22)14-11-16-9-12-18(13-10-16)23(3)4/h5-14,20-21H,15H2,1-4H3. The quantitative estimate of drug-likeness (QED) is 0.698. The van der Waals surface area contributed by atoms with Crippen molar-refractivity contribution in [2.75, 3.05) is 23.3 Å². The maximum absolute atomic E-state index is 2.56. The second kappa shape index (κ2) is 6.14. The molecule has 2 unspecified atom stereocenters. The molecule has 2 atom stereocenters. The number of para-hydroxylation sites is 1. The summed E-state index contributed by atoms with van der Waals surface area (Å²) in [5.74, 6) is 0. The van der Waals surface area contributed by atoms with Crippen molar-refractivity contribution in [3.63, 3.8) is 0 Å². The van der Waals surface area contributed by atoms with Crippen molar-refractivity contribution in [1.29, 1.82) is 0 Å². The van der Waals surface area contributed by atoms with Crippen LogP contribution in [0.1, 0.15) is 25.0 Å². The first-order valence-electron chi connectivity index (χ1n) is 8.96. The van der Waals surface area contributed by atoms with Crippen LogP contribution in [0.4, 0.5) is 11.4 Å². The molecule has 0 N–H and O–H groups in total. The minimum Gasteiger partial charge on any atom is -0.378 e. The van der Waals surface area contributed by atoms with Gasteiger partial charge in [0.15, 0.2) is 0 Å². The monoisotopic (exact) mass is 350 g/mol. The van der Waals surface area contributed by atoms with Crippen LogP contribution in [0.15, 0.2) is 54.6 Å². The third kappa shape index (κ3) is 2.85. The summed E-state index contributed by atoms with van der Waals surface area (Å²) in [5.41, 5.74) is 5.68. The maximum Gasteiger partial charge on any atom is 0.0513 e. The molecule has 130 valence electrons. The van der Waals surface area contributed by atoms with E-state index in [-0.39, 0.29) is 5.41 Å². The first kappa shape index (κ1) is 16.6. The molecule has 0 bridgehead atoms. The molecule has 0 amide bonds. The van der Waals surface area contributed by atoms with Gasteiger partial charge in [-0.2, -0.15) is 0 Å². The van der Waals surface area contributed by atoms with Gasteiger partial charge in [-0.15, -0.1) is 0 Å². The molecule has 2 aliphatic rings. The second-order valence-corrected chi connectivity index (χ2v) is 8.98. The highest BCUT2D eigenvalue weighted by molar-refractivity contribution is 8.01. The number of nitrogens with zero attached hydrogens (tertiary/aromatic N) is 2. The Balaban J connectivity index is 1.54. The SMILES string of the molecule is CN(C)c1ccc(C=CC2SN3c4ccccc4CC3C2(C)C)cc1. The summed E-state index contributed by atoms with van der Waals surface area (Å²) >= 11 is 2.00. The Kier molecular flexibility index (Phi) is 4.07. The van der Waals surface area contributed by atoms with Crippen LogP contribution >= 0.6 is 11.9 Å². The fourth-order valence-electron chi connectivity index (χ4n) is 3.87. The molecule has 0 saturated carbocycles. The first-order chi connectivity index (χ1) is 12.0. The van der Waals surface area contributed by atoms with Crippen LogP contribution in [0.3, 0.4) is 0 Å². The predicted octanol–water partition coefficient (Wildman–Crippen LogP) is 5.25. The van der Waals surface area contributed by atoms with Gasteiger partial charge < -0.3 is 9.21 Å². The molecular weight excluding hydrogens is 324 g/mol. The summed E-state index contributed by atoms with van der Waals surface area (Å²) in [6.07, 6.45) is 5.85. The fraction of sp³-hybridized carbons (Fsp3) is 0.364. The van der Waals surface area contributed by atoms with Gasteiger partial charge in [-0.05, 0) is 47.7 Å². The van der Waals surface area contributed by atoms with E-state index in [9.17, 15) is 0 Å². The summed E-state index contributed by atoms with van der Waals surface area (Å²) in [5, 5.41) is 0.499. The Hall–Kier alpha value is -1.87. The Morgan fingerprint density at radius 3 is 2.52 bits per heavy atom. The van der Waals surface area contributed by atoms with Gasteiger partial charge in [0.25, 0.3) is 0 Å². The summed E-state index contributed by atoms with van der Waals surface area (Å²) in [4.78, 5) is 2.13. The van der Waals surface area contributed by atoms with Crippen LogP contribution < -0.4 is 9.21 Å². The van der Waals surface area contributed by atoms with Gasteiger partial charge in [0.2, 0.25) is 0 Å². The summed E-state index contributed by atoms with van der Waals surface area (Å²) < 4.78 is 2.56. The molecule has 2 aromatic carbocycles. The lowest BCUT2D eigenvalue weighted by Gasteiger charge is -2.28. The molecule has 0 aromatic heterocycles. The minimum absolute atomic E-state index is 0.254. The smallest absolute Gasteiger partial charge is 0.0513 e. The lowest BCUT2D eigenvalue weighted by atomic mass is 9.79. The summed E-state index contributed by atoms with van der Waals surface area (Å²) in [6, 6.07) is 18.2. The molecule has 4 rings (SSSR count). The van der Waals surface area contributed by atoms with Crippen LogP contribution in [-0.4, -0.2) is 25.4 Å². The van der Waals surface area contributed by atoms with Gasteiger partial charge in [-0.1, -0.05) is 56.3 Å². The van der Waals surface area contributed by atoms with Gasteiger partial charge >= 0.3 is 0 Å². The van der Waals surface area contributed by atoms with Gasteiger partial charge in [-0.25, -0.2) is 0 Å². The summed E-state index contributed by atoms with van der Waals surface area (Å²) in [6.45, 7) is 4.83. The third-order valence-electron chi connectivity index (χ3n) is 5.62. The topological polar surface area (TPSA) is 6.48 Å². The van der Waals surface area contributed by atoms with E-state index in [0.29, 0.717) is 11.3 Å². The second-order valence-electron chi connectivity index (χ2n) is 7.87. The van der Waals surface area contributed by atoms with E-state index < -0.39 is 0 Å². The van der Waals surface area contributed by atoms with Crippen molar-refractivity contribution in [3.05, 3.63) is 65.7 Å². The molecular formula is C22H26N2S. The predicted molar refractivity (Wildman–Crippen MR) is 111 cm³/mol. The van der Waals surface area contributed by atoms with Crippen molar-refractivity contribution < 1.29 is 0 Å². The van der Waals surface area contributed by atoms with E-state index in [4.69, 9.17) is 0 Å². The Labute approximate surface area is 155 Å². The van der Waals surface area contributed by atoms with Gasteiger partial charge in [0.1, 0.15) is 0 Å². The fourth-order valence-corrected chi connectivity index (χ4v) is 5.47. The highest BCUT2D eigenvalue weighted by Gasteiger charge is 2.51. The lowest BCUT2D eigenvalue weighted by Crippen LogP contribution is -2.36. The zero-order valence-corrected chi connectivity index (χ0v) is 16.3. The average molecular weight is 351 g/mol. The van der Waals surface area contributed by atoms with E-state index in [1.54, 1.807) is 0 Å². The molecule has 1 saturated heterocycles. The van der Waals surface area contributed by atoms with Crippen LogP contribution in [0, 0.1) is 5.41 Å². The minimum atomic E-state index is 0.254. The normalized spacial score (nSPS) is 23.8. The van der Waals surface area contributed by atoms with Crippen LogP contribution in [0.2, 0.25) is 0 Å². The maximum atomic E-state index is 2.56. The van der Waals surface area contributed by atoms with Crippen molar-refractivity contribution in [2.24, 2.45) is 5.41 Å². The molecule has 25 heavy (non-hydrogen) atoms. The number of anilines is 2. The number of hydrogen-bond acceptors (Lipinski definition) is 3. The van der Waals surface area contributed by atoms with Gasteiger partial charge in [0.05, 0.1) is 17.0 Å². The largest absolute Gasteiger partial charge is 0.378 e. The number of hydrogen-bond donors (Lipinski definition) is 0. The van der Waals surface area contributed by atoms with Crippen LogP contribution in [0.25, 0.3) is 6.08 Å². The van der Waals surface area contributed by atoms with E-state index in [1.807, 2.05) is 11.9 Å². The van der Waals surface area contributed by atoms with Crippen LogP contribution in [-0.2, 0) is 6.42 Å². The van der Waals surface area contributed by atoms with E-state index in [1.165, 1.54) is 22.5 Å². The number of fused-ring (bicyclic) bond motifs is 3. The molecule has 2 aliphatic heterocycles. The van der Waals surface area contributed by atoms with Crippen molar-refractivity contribution >= 4 is 29.4 Å². The van der Waals surface area contributed by atoms with E-state index in [0.717, 1.165) is 6.42 Å². The zero-order valence-electron chi connectivity index (χ0n) is 15.4. The molecule has 0 radical (unpaired) electrons. The van der Waals surface area contributed by atoms with Gasteiger partial charge in [-0.3, -0.25) is 0 Å².